The molecule has 1 amide bonds. The molecule has 0 unspecified atom stereocenters. The second kappa shape index (κ2) is 4.65. The number of hydrogen-bond acceptors (Lipinski definition) is 1. The fourth-order valence-corrected chi connectivity index (χ4v) is 1.01. The summed E-state index contributed by atoms with van der Waals surface area (Å²) in [5.41, 5.74) is 2.02. The van der Waals surface area contributed by atoms with Crippen LogP contribution in [0.1, 0.15) is 25.8 Å². The van der Waals surface area contributed by atoms with Gasteiger partial charge in [-0.05, 0) is 24.1 Å². The Morgan fingerprint density at radius 1 is 1.38 bits per heavy atom. The first-order valence-corrected chi connectivity index (χ1v) is 4.45. The summed E-state index contributed by atoms with van der Waals surface area (Å²) in [6.07, 6.45) is 2.53. The van der Waals surface area contributed by atoms with Gasteiger partial charge in [0.2, 0.25) is 5.91 Å². The molecule has 2 heteroatoms. The van der Waals surface area contributed by atoms with Gasteiger partial charge in [-0.25, -0.2) is 0 Å². The second-order valence-corrected chi connectivity index (χ2v) is 2.81. The molecule has 1 aromatic carbocycles. The predicted octanol–water partition coefficient (Wildman–Crippen LogP) is 2.61. The third-order valence-corrected chi connectivity index (χ3v) is 1.85. The summed E-state index contributed by atoms with van der Waals surface area (Å²) < 4.78 is 0. The highest BCUT2D eigenvalue weighted by Gasteiger charge is 1.97. The van der Waals surface area contributed by atoms with Crippen LogP contribution in [0.15, 0.2) is 24.3 Å². The van der Waals surface area contributed by atoms with Crippen molar-refractivity contribution < 1.29 is 4.79 Å². The minimum Gasteiger partial charge on any atom is -0.326 e. The number of hydrogen-bond donors (Lipinski definition) is 1. The highest BCUT2D eigenvalue weighted by atomic mass is 16.1. The zero-order chi connectivity index (χ0) is 9.68. The summed E-state index contributed by atoms with van der Waals surface area (Å²) in [6, 6.07) is 7.77. The van der Waals surface area contributed by atoms with Gasteiger partial charge in [0.15, 0.2) is 0 Å². The van der Waals surface area contributed by atoms with Crippen LogP contribution < -0.4 is 5.32 Å². The summed E-state index contributed by atoms with van der Waals surface area (Å²) in [5.74, 6) is 0.0493. The van der Waals surface area contributed by atoms with Crippen molar-refractivity contribution in [2.24, 2.45) is 0 Å². The molecule has 0 bridgehead atoms. The third kappa shape index (κ3) is 2.90. The lowest BCUT2D eigenvalue weighted by atomic mass is 10.1. The molecule has 1 aromatic rings. The fraction of sp³-hybridized carbons (Fsp3) is 0.273. The van der Waals surface area contributed by atoms with Gasteiger partial charge in [0.25, 0.3) is 0 Å². The van der Waals surface area contributed by atoms with E-state index in [9.17, 15) is 4.79 Å². The topological polar surface area (TPSA) is 29.1 Å². The number of amides is 1. The Morgan fingerprint density at radius 2 is 2.00 bits per heavy atom. The van der Waals surface area contributed by atoms with Crippen LogP contribution in [0.3, 0.4) is 0 Å². The lowest BCUT2D eigenvalue weighted by molar-refractivity contribution is -0.115. The van der Waals surface area contributed by atoms with Gasteiger partial charge in [0.05, 0.1) is 0 Å². The van der Waals surface area contributed by atoms with Gasteiger partial charge in [-0.1, -0.05) is 26.0 Å². The Hall–Kier alpha value is -1.31. The number of carbonyl (C=O) groups excluding carboxylic acids is 1. The first kappa shape index (κ1) is 9.78. The van der Waals surface area contributed by atoms with E-state index in [4.69, 9.17) is 0 Å². The summed E-state index contributed by atoms with van der Waals surface area (Å²) in [6.45, 7) is 3.82. The van der Waals surface area contributed by atoms with E-state index in [1.807, 2.05) is 44.5 Å². The van der Waals surface area contributed by atoms with Gasteiger partial charge < -0.3 is 5.32 Å². The van der Waals surface area contributed by atoms with Crippen LogP contribution in [0.2, 0.25) is 0 Å². The molecule has 0 saturated carbocycles. The molecule has 0 aliphatic rings. The maximum absolute atomic E-state index is 11.0. The first-order valence-electron chi connectivity index (χ1n) is 4.45. The zero-order valence-electron chi connectivity index (χ0n) is 8.00. The van der Waals surface area contributed by atoms with E-state index in [1.165, 1.54) is 0 Å². The average Bonchev–Trinajstić information content (AvgIpc) is 2.19. The van der Waals surface area contributed by atoms with Crippen LogP contribution in [0, 0.1) is 6.42 Å². The van der Waals surface area contributed by atoms with E-state index in [-0.39, 0.29) is 5.91 Å². The monoisotopic (exact) mass is 176 g/mol. The summed E-state index contributed by atoms with van der Waals surface area (Å²) in [5, 5.41) is 2.79. The fourth-order valence-electron chi connectivity index (χ4n) is 1.01. The van der Waals surface area contributed by atoms with Crippen molar-refractivity contribution in [2.75, 3.05) is 5.32 Å². The number of rotatable bonds is 3. The summed E-state index contributed by atoms with van der Waals surface area (Å²) >= 11 is 0. The minimum absolute atomic E-state index is 0.0493. The second-order valence-electron chi connectivity index (χ2n) is 2.81. The normalized spacial score (nSPS) is 9.69. The number of nitrogens with one attached hydrogen (secondary N) is 1. The van der Waals surface area contributed by atoms with Crippen molar-refractivity contribution >= 4 is 11.6 Å². The van der Waals surface area contributed by atoms with Crippen LogP contribution in [0.5, 0.6) is 0 Å². The van der Waals surface area contributed by atoms with Crippen LogP contribution in [0.25, 0.3) is 0 Å². The van der Waals surface area contributed by atoms with Crippen LogP contribution in [-0.4, -0.2) is 5.91 Å². The molecular formula is C11H14NO. The maximum atomic E-state index is 11.0. The van der Waals surface area contributed by atoms with Crippen molar-refractivity contribution in [1.82, 2.24) is 0 Å². The number of anilines is 1. The maximum Gasteiger partial charge on any atom is 0.224 e. The third-order valence-electron chi connectivity index (χ3n) is 1.85. The molecule has 0 fully saturated rings. The largest absolute Gasteiger partial charge is 0.326 e. The van der Waals surface area contributed by atoms with E-state index in [0.29, 0.717) is 6.42 Å². The predicted molar refractivity (Wildman–Crippen MR) is 54.4 cm³/mol. The standard InChI is InChI=1S/C11H14NO/c1-3-9-5-7-10(8-6-9)12-11(13)4-2/h3,5-8H,4H2,1-2H3,(H,12,13). The van der Waals surface area contributed by atoms with Crippen LogP contribution >= 0.6 is 0 Å². The molecule has 0 saturated heterocycles. The molecule has 69 valence electrons. The molecule has 13 heavy (non-hydrogen) atoms. The van der Waals surface area contributed by atoms with Crippen molar-refractivity contribution in [3.63, 3.8) is 0 Å². The number of carbonyl (C=O) groups is 1. The molecule has 1 radical (unpaired) electrons. The molecule has 0 atom stereocenters. The van der Waals surface area contributed by atoms with Gasteiger partial charge in [0, 0.05) is 12.1 Å². The van der Waals surface area contributed by atoms with Gasteiger partial charge in [0.1, 0.15) is 0 Å². The molecule has 1 N–H and O–H groups in total. The molecular weight excluding hydrogens is 162 g/mol. The Bertz CT molecular complexity index is 277. The van der Waals surface area contributed by atoms with Crippen LogP contribution in [-0.2, 0) is 4.79 Å². The van der Waals surface area contributed by atoms with E-state index in [2.05, 4.69) is 5.32 Å². The molecule has 0 aromatic heterocycles. The highest BCUT2D eigenvalue weighted by molar-refractivity contribution is 5.90. The minimum atomic E-state index is 0.0493. The van der Waals surface area contributed by atoms with Crippen molar-refractivity contribution in [1.29, 1.82) is 0 Å². The zero-order valence-corrected chi connectivity index (χ0v) is 8.00. The van der Waals surface area contributed by atoms with Crippen molar-refractivity contribution in [3.8, 4) is 0 Å². The molecule has 0 aliphatic heterocycles. The van der Waals surface area contributed by atoms with E-state index in [1.54, 1.807) is 0 Å². The van der Waals surface area contributed by atoms with E-state index < -0.39 is 0 Å². The molecule has 0 aliphatic carbocycles. The lowest BCUT2D eigenvalue weighted by Gasteiger charge is -2.03. The number of benzene rings is 1. The summed E-state index contributed by atoms with van der Waals surface area (Å²) in [7, 11) is 0. The SMILES string of the molecule is C[CH]c1ccc(NC(=O)CC)cc1. The Labute approximate surface area is 79.0 Å². The lowest BCUT2D eigenvalue weighted by Crippen LogP contribution is -2.09. The van der Waals surface area contributed by atoms with E-state index in [0.717, 1.165) is 11.3 Å². The average molecular weight is 176 g/mol. The molecule has 0 spiro atoms. The Kier molecular flexibility index (Phi) is 3.50. The quantitative estimate of drug-likeness (QED) is 0.753. The van der Waals surface area contributed by atoms with Crippen molar-refractivity contribution in [3.05, 3.63) is 36.2 Å². The highest BCUT2D eigenvalue weighted by Crippen LogP contribution is 2.10. The summed E-state index contributed by atoms with van der Waals surface area (Å²) in [4.78, 5) is 11.0. The molecule has 2 nitrogen and oxygen atoms in total. The Balaban J connectivity index is 2.64. The molecule has 0 heterocycles. The Morgan fingerprint density at radius 3 is 2.46 bits per heavy atom. The van der Waals surface area contributed by atoms with Gasteiger partial charge in [-0.3, -0.25) is 4.79 Å². The first-order chi connectivity index (χ1) is 6.26. The molecule has 1 rings (SSSR count). The van der Waals surface area contributed by atoms with Gasteiger partial charge in [-0.15, -0.1) is 0 Å². The van der Waals surface area contributed by atoms with Crippen molar-refractivity contribution in [2.45, 2.75) is 20.3 Å². The van der Waals surface area contributed by atoms with Crippen LogP contribution in [0.4, 0.5) is 5.69 Å². The van der Waals surface area contributed by atoms with Gasteiger partial charge in [-0.2, -0.15) is 0 Å². The van der Waals surface area contributed by atoms with Gasteiger partial charge >= 0.3 is 0 Å². The smallest absolute Gasteiger partial charge is 0.224 e. The van der Waals surface area contributed by atoms with E-state index >= 15 is 0 Å².